The first kappa shape index (κ1) is 23.1. The molecule has 0 spiro atoms. The van der Waals surface area contributed by atoms with Gasteiger partial charge in [0.2, 0.25) is 0 Å². The van der Waals surface area contributed by atoms with Crippen LogP contribution in [0.1, 0.15) is 60.9 Å². The Kier molecular flexibility index (Phi) is 7.32. The first-order valence-corrected chi connectivity index (χ1v) is 9.77. The molecular formula is C23H28FN3O3. The van der Waals surface area contributed by atoms with Crippen LogP contribution in [0, 0.1) is 11.7 Å². The molecule has 2 aromatic carbocycles. The van der Waals surface area contributed by atoms with Gasteiger partial charge in [-0.05, 0) is 41.2 Å². The molecule has 1 atom stereocenters. The second-order valence-electron chi connectivity index (χ2n) is 8.45. The van der Waals surface area contributed by atoms with Crippen molar-refractivity contribution in [2.75, 3.05) is 0 Å². The van der Waals surface area contributed by atoms with Crippen molar-refractivity contribution in [3.05, 3.63) is 71.0 Å². The molecule has 0 aromatic heterocycles. The van der Waals surface area contributed by atoms with Crippen LogP contribution in [0.4, 0.5) is 4.39 Å². The number of rotatable bonds is 5. The highest BCUT2D eigenvalue weighted by Crippen LogP contribution is 2.22. The first-order chi connectivity index (χ1) is 14.0. The Hall–Kier alpha value is -3.22. The second kappa shape index (κ2) is 9.52. The number of carbonyl (C=O) groups is 3. The largest absolute Gasteiger partial charge is 0.340 e. The zero-order valence-electron chi connectivity index (χ0n) is 17.9. The maximum Gasteiger partial charge on any atom is 0.272 e. The van der Waals surface area contributed by atoms with E-state index in [1.807, 2.05) is 12.1 Å². The van der Waals surface area contributed by atoms with E-state index in [2.05, 4.69) is 36.9 Å². The molecule has 30 heavy (non-hydrogen) atoms. The van der Waals surface area contributed by atoms with Crippen LogP contribution in [-0.2, 0) is 10.2 Å². The molecule has 160 valence electrons. The monoisotopic (exact) mass is 413 g/mol. The molecule has 0 aliphatic carbocycles. The van der Waals surface area contributed by atoms with Crippen molar-refractivity contribution < 1.29 is 18.8 Å². The van der Waals surface area contributed by atoms with Crippen LogP contribution < -0.4 is 16.2 Å². The Morgan fingerprint density at radius 1 is 0.867 bits per heavy atom. The molecule has 6 nitrogen and oxygen atoms in total. The standard InChI is InChI=1S/C23H28FN3O3/c1-14(2)19(22(30)27-26-21(29)17-8-6-7-9-18(17)24)25-20(28)15-10-12-16(13-11-15)23(3,4)5/h6-14,19H,1-5H3,(H,25,28)(H,26,29)(H,27,30)/t19-/m1/s1. The number of hydrazine groups is 1. The quantitative estimate of drug-likeness (QED) is 0.657. The number of amides is 3. The van der Waals surface area contributed by atoms with Gasteiger partial charge >= 0.3 is 0 Å². The van der Waals surface area contributed by atoms with Crippen LogP contribution in [0.5, 0.6) is 0 Å². The Morgan fingerprint density at radius 3 is 2.00 bits per heavy atom. The topological polar surface area (TPSA) is 87.3 Å². The fourth-order valence-electron chi connectivity index (χ4n) is 2.79. The highest BCUT2D eigenvalue weighted by atomic mass is 19.1. The number of hydrogen-bond donors (Lipinski definition) is 3. The third-order valence-corrected chi connectivity index (χ3v) is 4.67. The summed E-state index contributed by atoms with van der Waals surface area (Å²) in [7, 11) is 0. The van der Waals surface area contributed by atoms with E-state index in [9.17, 15) is 18.8 Å². The summed E-state index contributed by atoms with van der Waals surface area (Å²) in [5.74, 6) is -2.73. The lowest BCUT2D eigenvalue weighted by molar-refractivity contribution is -0.124. The minimum Gasteiger partial charge on any atom is -0.340 e. The third-order valence-electron chi connectivity index (χ3n) is 4.67. The lowest BCUT2D eigenvalue weighted by Gasteiger charge is -2.22. The van der Waals surface area contributed by atoms with Crippen LogP contribution in [0.3, 0.4) is 0 Å². The van der Waals surface area contributed by atoms with E-state index in [0.717, 1.165) is 11.6 Å². The second-order valence-corrected chi connectivity index (χ2v) is 8.45. The van der Waals surface area contributed by atoms with Gasteiger partial charge in [-0.25, -0.2) is 4.39 Å². The Balaban J connectivity index is 2.02. The molecule has 0 aliphatic rings. The smallest absolute Gasteiger partial charge is 0.272 e. The van der Waals surface area contributed by atoms with Gasteiger partial charge in [0.15, 0.2) is 0 Å². The lowest BCUT2D eigenvalue weighted by atomic mass is 9.86. The zero-order valence-corrected chi connectivity index (χ0v) is 17.9. The van der Waals surface area contributed by atoms with Gasteiger partial charge in [-0.2, -0.15) is 0 Å². The summed E-state index contributed by atoms with van der Waals surface area (Å²) in [5.41, 5.74) is 5.73. The van der Waals surface area contributed by atoms with Crippen molar-refractivity contribution in [1.82, 2.24) is 16.2 Å². The summed E-state index contributed by atoms with van der Waals surface area (Å²) in [6.45, 7) is 9.78. The number of carbonyl (C=O) groups excluding carboxylic acids is 3. The van der Waals surface area contributed by atoms with Crippen molar-refractivity contribution in [3.63, 3.8) is 0 Å². The summed E-state index contributed by atoms with van der Waals surface area (Å²) in [4.78, 5) is 37.2. The zero-order chi connectivity index (χ0) is 22.5. The van der Waals surface area contributed by atoms with Crippen LogP contribution in [0.25, 0.3) is 0 Å². The molecule has 0 bridgehead atoms. The fourth-order valence-corrected chi connectivity index (χ4v) is 2.79. The lowest BCUT2D eigenvalue weighted by Crippen LogP contribution is -2.54. The molecule has 0 heterocycles. The number of benzene rings is 2. The van der Waals surface area contributed by atoms with E-state index in [0.29, 0.717) is 5.56 Å². The first-order valence-electron chi connectivity index (χ1n) is 9.77. The molecule has 0 radical (unpaired) electrons. The van der Waals surface area contributed by atoms with E-state index in [1.165, 1.54) is 18.2 Å². The molecule has 7 heteroatoms. The van der Waals surface area contributed by atoms with Crippen molar-refractivity contribution in [2.45, 2.75) is 46.1 Å². The number of hydrogen-bond acceptors (Lipinski definition) is 3. The van der Waals surface area contributed by atoms with E-state index < -0.39 is 29.6 Å². The third kappa shape index (κ3) is 5.89. The van der Waals surface area contributed by atoms with Gasteiger partial charge in [0, 0.05) is 5.56 Å². The average Bonchev–Trinajstić information content (AvgIpc) is 2.69. The SMILES string of the molecule is CC(C)[C@@H](NC(=O)c1ccc(C(C)(C)C)cc1)C(=O)NNC(=O)c1ccccc1F. The maximum absolute atomic E-state index is 13.7. The minimum atomic E-state index is -0.888. The molecule has 2 aromatic rings. The van der Waals surface area contributed by atoms with E-state index in [1.54, 1.807) is 26.0 Å². The van der Waals surface area contributed by atoms with Crippen LogP contribution in [0.2, 0.25) is 0 Å². The summed E-state index contributed by atoms with van der Waals surface area (Å²) in [6.07, 6.45) is 0. The van der Waals surface area contributed by atoms with Crippen LogP contribution in [0.15, 0.2) is 48.5 Å². The van der Waals surface area contributed by atoms with Crippen molar-refractivity contribution >= 4 is 17.7 Å². The molecule has 3 N–H and O–H groups in total. The molecule has 0 saturated heterocycles. The minimum absolute atomic E-state index is 0.0359. The van der Waals surface area contributed by atoms with Gasteiger partial charge in [0.05, 0.1) is 5.56 Å². The summed E-state index contributed by atoms with van der Waals surface area (Å²) >= 11 is 0. The predicted molar refractivity (Wildman–Crippen MR) is 113 cm³/mol. The maximum atomic E-state index is 13.7. The Labute approximate surface area is 176 Å². The number of nitrogens with one attached hydrogen (secondary N) is 3. The Bertz CT molecular complexity index is 918. The molecule has 0 unspecified atom stereocenters. The van der Waals surface area contributed by atoms with Gasteiger partial charge in [0.1, 0.15) is 11.9 Å². The molecule has 0 aliphatic heterocycles. The van der Waals surface area contributed by atoms with E-state index >= 15 is 0 Å². The van der Waals surface area contributed by atoms with Crippen LogP contribution >= 0.6 is 0 Å². The number of halogens is 1. The van der Waals surface area contributed by atoms with E-state index in [4.69, 9.17) is 0 Å². The van der Waals surface area contributed by atoms with Crippen molar-refractivity contribution in [2.24, 2.45) is 5.92 Å². The summed E-state index contributed by atoms with van der Waals surface area (Å²) < 4.78 is 13.7. The van der Waals surface area contributed by atoms with Gasteiger partial charge in [-0.3, -0.25) is 25.2 Å². The predicted octanol–water partition coefficient (Wildman–Crippen LogP) is 3.34. The molecule has 2 rings (SSSR count). The summed E-state index contributed by atoms with van der Waals surface area (Å²) in [6, 6.07) is 11.7. The van der Waals surface area contributed by atoms with Gasteiger partial charge in [-0.15, -0.1) is 0 Å². The van der Waals surface area contributed by atoms with Crippen molar-refractivity contribution in [1.29, 1.82) is 0 Å². The molecule has 0 saturated carbocycles. The Morgan fingerprint density at radius 2 is 1.47 bits per heavy atom. The molecule has 3 amide bonds. The highest BCUT2D eigenvalue weighted by Gasteiger charge is 2.25. The highest BCUT2D eigenvalue weighted by molar-refractivity contribution is 5.99. The van der Waals surface area contributed by atoms with Gasteiger partial charge < -0.3 is 5.32 Å². The molecular weight excluding hydrogens is 385 g/mol. The fraction of sp³-hybridized carbons (Fsp3) is 0.348. The summed E-state index contributed by atoms with van der Waals surface area (Å²) in [5, 5.41) is 2.69. The van der Waals surface area contributed by atoms with Gasteiger partial charge in [0.25, 0.3) is 17.7 Å². The van der Waals surface area contributed by atoms with Crippen LogP contribution in [-0.4, -0.2) is 23.8 Å². The normalized spacial score (nSPS) is 12.2. The van der Waals surface area contributed by atoms with Crippen molar-refractivity contribution in [3.8, 4) is 0 Å². The average molecular weight is 413 g/mol. The molecule has 0 fully saturated rings. The van der Waals surface area contributed by atoms with E-state index in [-0.39, 0.29) is 16.9 Å². The van der Waals surface area contributed by atoms with Gasteiger partial charge in [-0.1, -0.05) is 58.9 Å².